The lowest BCUT2D eigenvalue weighted by molar-refractivity contribution is 0.719. The van der Waals surface area contributed by atoms with Crippen molar-refractivity contribution in [1.82, 2.24) is 20.2 Å². The second-order valence-electron chi connectivity index (χ2n) is 3.54. The molecule has 0 radical (unpaired) electrons. The number of halogens is 2. The minimum Gasteiger partial charge on any atom is -0.258 e. The summed E-state index contributed by atoms with van der Waals surface area (Å²) < 4.78 is 0. The number of tetrazole rings is 1. The van der Waals surface area contributed by atoms with E-state index < -0.39 is 0 Å². The number of aromatic nitrogens is 4. The van der Waals surface area contributed by atoms with E-state index in [0.717, 1.165) is 0 Å². The molecule has 1 heterocycles. The minimum atomic E-state index is 0.383. The van der Waals surface area contributed by atoms with Crippen molar-refractivity contribution in [3.05, 3.63) is 40.1 Å². The van der Waals surface area contributed by atoms with E-state index >= 15 is 0 Å². The van der Waals surface area contributed by atoms with E-state index in [1.807, 2.05) is 13.8 Å². The van der Waals surface area contributed by atoms with Crippen molar-refractivity contribution in [2.24, 2.45) is 4.99 Å². The van der Waals surface area contributed by atoms with Crippen molar-refractivity contribution in [2.75, 3.05) is 0 Å². The summed E-state index contributed by atoms with van der Waals surface area (Å²) >= 11 is 12.1. The molecule has 0 fully saturated rings. The summed E-state index contributed by atoms with van der Waals surface area (Å²) in [6.45, 7) is 3.68. The molecule has 7 heteroatoms. The van der Waals surface area contributed by atoms with Gasteiger partial charge in [0.15, 0.2) is 0 Å². The Morgan fingerprint density at radius 3 is 2.79 bits per heavy atom. The van der Waals surface area contributed by atoms with E-state index in [4.69, 9.17) is 23.2 Å². The van der Waals surface area contributed by atoms with Crippen LogP contribution in [0.5, 0.6) is 0 Å². The lowest BCUT2D eigenvalue weighted by atomic mass is 10.3. The Balaban J connectivity index is 2.44. The molecule has 0 bridgehead atoms. The Kier molecular flexibility index (Phi) is 4.29. The monoisotopic (exact) mass is 295 g/mol. The number of aliphatic imine (C=N–C) groups is 1. The van der Waals surface area contributed by atoms with Crippen LogP contribution in [0.4, 0.5) is 0 Å². The Morgan fingerprint density at radius 1 is 1.32 bits per heavy atom. The fourth-order valence-electron chi connectivity index (χ4n) is 1.47. The zero-order chi connectivity index (χ0) is 13.8. The standard InChI is InChI=1S/C12H11Cl2N5/c1-3-9(15-4-2)12-16-18-19(17-12)10-7-5-6-8(13)11(10)14/h3-7H,1-2H3/b9-3-,15-4?. The molecule has 19 heavy (non-hydrogen) atoms. The van der Waals surface area contributed by atoms with Crippen LogP contribution in [0.3, 0.4) is 0 Å². The van der Waals surface area contributed by atoms with Crippen molar-refractivity contribution in [3.8, 4) is 5.69 Å². The van der Waals surface area contributed by atoms with Gasteiger partial charge < -0.3 is 0 Å². The maximum absolute atomic E-state index is 6.11. The SMILES string of the molecule is CC=N/C(=C\C)c1nnn(-c2cccc(Cl)c2Cl)n1. The second-order valence-corrected chi connectivity index (χ2v) is 4.32. The molecule has 0 saturated carbocycles. The molecule has 98 valence electrons. The van der Waals surface area contributed by atoms with E-state index in [2.05, 4.69) is 20.4 Å². The first-order chi connectivity index (χ1) is 9.17. The molecule has 1 aromatic heterocycles. The van der Waals surface area contributed by atoms with E-state index in [1.54, 1.807) is 30.5 Å². The molecular weight excluding hydrogens is 285 g/mol. The van der Waals surface area contributed by atoms with Crippen LogP contribution in [0, 0.1) is 0 Å². The van der Waals surface area contributed by atoms with Gasteiger partial charge in [0, 0.05) is 6.21 Å². The number of rotatable bonds is 3. The molecule has 0 N–H and O–H groups in total. The predicted octanol–water partition coefficient (Wildman–Crippen LogP) is 3.42. The molecule has 0 aliphatic rings. The van der Waals surface area contributed by atoms with Crippen LogP contribution < -0.4 is 0 Å². The summed E-state index contributed by atoms with van der Waals surface area (Å²) in [5.74, 6) is 0.427. The van der Waals surface area contributed by atoms with Gasteiger partial charge in [-0.2, -0.15) is 0 Å². The molecule has 1 aromatic carbocycles. The Labute approximate surface area is 120 Å². The van der Waals surface area contributed by atoms with E-state index in [9.17, 15) is 0 Å². The van der Waals surface area contributed by atoms with Gasteiger partial charge in [-0.25, -0.2) is 0 Å². The molecule has 0 unspecified atom stereocenters. The lowest BCUT2D eigenvalue weighted by Gasteiger charge is -2.02. The average molecular weight is 296 g/mol. The van der Waals surface area contributed by atoms with E-state index in [0.29, 0.717) is 27.3 Å². The van der Waals surface area contributed by atoms with Crippen LogP contribution >= 0.6 is 23.2 Å². The van der Waals surface area contributed by atoms with Gasteiger partial charge in [-0.1, -0.05) is 35.3 Å². The largest absolute Gasteiger partial charge is 0.258 e. The van der Waals surface area contributed by atoms with Crippen LogP contribution in [-0.2, 0) is 0 Å². The lowest BCUT2D eigenvalue weighted by Crippen LogP contribution is -2.00. The molecule has 0 saturated heterocycles. The van der Waals surface area contributed by atoms with Gasteiger partial charge in [-0.15, -0.1) is 15.0 Å². The van der Waals surface area contributed by atoms with Crippen molar-refractivity contribution in [2.45, 2.75) is 13.8 Å². The molecule has 2 aromatic rings. The first-order valence-electron chi connectivity index (χ1n) is 5.57. The van der Waals surface area contributed by atoms with Crippen molar-refractivity contribution in [1.29, 1.82) is 0 Å². The molecule has 5 nitrogen and oxygen atoms in total. The number of benzene rings is 1. The zero-order valence-corrected chi connectivity index (χ0v) is 11.9. The topological polar surface area (TPSA) is 56.0 Å². The molecule has 0 aliphatic heterocycles. The van der Waals surface area contributed by atoms with E-state index in [1.165, 1.54) is 4.80 Å². The highest BCUT2D eigenvalue weighted by atomic mass is 35.5. The first kappa shape index (κ1) is 13.7. The first-order valence-corrected chi connectivity index (χ1v) is 6.32. The van der Waals surface area contributed by atoms with Crippen LogP contribution in [0.15, 0.2) is 29.3 Å². The summed E-state index contributed by atoms with van der Waals surface area (Å²) in [5.41, 5.74) is 1.22. The van der Waals surface area contributed by atoms with Crippen LogP contribution in [-0.4, -0.2) is 26.4 Å². The highest BCUT2D eigenvalue weighted by molar-refractivity contribution is 6.43. The van der Waals surface area contributed by atoms with Crippen LogP contribution in [0.2, 0.25) is 10.0 Å². The summed E-state index contributed by atoms with van der Waals surface area (Å²) in [6, 6.07) is 5.23. The normalized spacial score (nSPS) is 12.3. The third-order valence-electron chi connectivity index (χ3n) is 2.33. The van der Waals surface area contributed by atoms with Gasteiger partial charge in [0.25, 0.3) is 0 Å². The highest BCUT2D eigenvalue weighted by Crippen LogP contribution is 2.27. The fourth-order valence-corrected chi connectivity index (χ4v) is 1.84. The molecule has 0 atom stereocenters. The zero-order valence-electron chi connectivity index (χ0n) is 10.4. The van der Waals surface area contributed by atoms with Gasteiger partial charge in [-0.3, -0.25) is 4.99 Å². The Hall–Kier alpha value is -1.72. The van der Waals surface area contributed by atoms with Gasteiger partial charge in [0.1, 0.15) is 11.4 Å². The number of allylic oxidation sites excluding steroid dienone is 1. The summed E-state index contributed by atoms with van der Waals surface area (Å²) in [6.07, 6.45) is 3.48. The van der Waals surface area contributed by atoms with Gasteiger partial charge in [0.2, 0.25) is 5.82 Å². The molecule has 0 spiro atoms. The van der Waals surface area contributed by atoms with Gasteiger partial charge in [0.05, 0.1) is 10.0 Å². The van der Waals surface area contributed by atoms with Crippen LogP contribution in [0.1, 0.15) is 19.7 Å². The van der Waals surface area contributed by atoms with Crippen molar-refractivity contribution < 1.29 is 0 Å². The smallest absolute Gasteiger partial charge is 0.223 e. The number of nitrogens with zero attached hydrogens (tertiary/aromatic N) is 5. The van der Waals surface area contributed by atoms with E-state index in [-0.39, 0.29) is 0 Å². The van der Waals surface area contributed by atoms with Gasteiger partial charge in [-0.05, 0) is 31.2 Å². The Morgan fingerprint density at radius 2 is 2.11 bits per heavy atom. The van der Waals surface area contributed by atoms with Crippen molar-refractivity contribution in [3.63, 3.8) is 0 Å². The molecule has 2 rings (SSSR count). The maximum atomic E-state index is 6.11. The van der Waals surface area contributed by atoms with Crippen molar-refractivity contribution >= 4 is 35.1 Å². The number of hydrogen-bond donors (Lipinski definition) is 0. The highest BCUT2D eigenvalue weighted by Gasteiger charge is 2.12. The predicted molar refractivity (Wildman–Crippen MR) is 77.0 cm³/mol. The summed E-state index contributed by atoms with van der Waals surface area (Å²) in [7, 11) is 0. The molecular formula is C12H11Cl2N5. The quantitative estimate of drug-likeness (QED) is 0.815. The maximum Gasteiger partial charge on any atom is 0.223 e. The van der Waals surface area contributed by atoms with Crippen LogP contribution in [0.25, 0.3) is 11.4 Å². The summed E-state index contributed by atoms with van der Waals surface area (Å²) in [5, 5.41) is 13.0. The second kappa shape index (κ2) is 5.95. The molecule has 0 amide bonds. The molecule has 0 aliphatic carbocycles. The third kappa shape index (κ3) is 2.83. The average Bonchev–Trinajstić information content (AvgIpc) is 2.88. The minimum absolute atomic E-state index is 0.383. The Bertz CT molecular complexity index is 645. The summed E-state index contributed by atoms with van der Waals surface area (Å²) in [4.78, 5) is 5.49. The third-order valence-corrected chi connectivity index (χ3v) is 3.14. The number of hydrogen-bond acceptors (Lipinski definition) is 4. The van der Waals surface area contributed by atoms with Gasteiger partial charge >= 0.3 is 0 Å². The fraction of sp³-hybridized carbons (Fsp3) is 0.167.